The van der Waals surface area contributed by atoms with Crippen LogP contribution in [0.2, 0.25) is 0 Å². The predicted molar refractivity (Wildman–Crippen MR) is 367 cm³/mol. The van der Waals surface area contributed by atoms with Crippen molar-refractivity contribution in [3.63, 3.8) is 0 Å². The average molecular weight is 1340 g/mol. The van der Waals surface area contributed by atoms with Crippen molar-refractivity contribution in [3.8, 4) is 0 Å². The third-order valence-corrected chi connectivity index (χ3v) is 18.8. The molecule has 0 aromatic carbocycles. The zero-order valence-corrected chi connectivity index (χ0v) is 61.3. The lowest BCUT2D eigenvalue weighted by Crippen LogP contribution is -2.30. The van der Waals surface area contributed by atoms with Crippen molar-refractivity contribution in [3.05, 3.63) is 0 Å². The normalized spacial score (nSPS) is 14.5. The Kier molecular flexibility index (Phi) is 60.3. The largest absolute Gasteiger partial charge is 0.472 e. The number of aliphatic hydroxyl groups is 1. The van der Waals surface area contributed by atoms with Crippen LogP contribution in [0.25, 0.3) is 0 Å². The van der Waals surface area contributed by atoms with Gasteiger partial charge in [-0.2, -0.15) is 0 Å². The van der Waals surface area contributed by atoms with Gasteiger partial charge in [0.25, 0.3) is 0 Å². The molecular formula is C72H140O17P2. The minimum atomic E-state index is -4.95. The van der Waals surface area contributed by atoms with Crippen molar-refractivity contribution in [2.45, 2.75) is 375 Å². The summed E-state index contributed by atoms with van der Waals surface area (Å²) < 4.78 is 68.4. The van der Waals surface area contributed by atoms with Crippen LogP contribution in [0.4, 0.5) is 0 Å². The number of carbonyl (C=O) groups excluding carboxylic acids is 4. The number of phosphoric ester groups is 2. The molecule has 0 heterocycles. The first-order chi connectivity index (χ1) is 43.6. The van der Waals surface area contributed by atoms with E-state index in [1.54, 1.807) is 0 Å². The fraction of sp³-hybridized carbons (Fsp3) is 0.944. The molecule has 0 rings (SSSR count). The molecule has 0 radical (unpaired) electrons. The van der Waals surface area contributed by atoms with Gasteiger partial charge in [-0.1, -0.05) is 306 Å². The van der Waals surface area contributed by atoms with E-state index in [1.807, 2.05) is 0 Å². The third-order valence-electron chi connectivity index (χ3n) is 16.9. The molecule has 0 aromatic heterocycles. The van der Waals surface area contributed by atoms with E-state index in [-0.39, 0.29) is 25.7 Å². The minimum absolute atomic E-state index is 0.104. The van der Waals surface area contributed by atoms with Gasteiger partial charge >= 0.3 is 39.5 Å². The Labute approximate surface area is 556 Å². The van der Waals surface area contributed by atoms with E-state index in [1.165, 1.54) is 161 Å². The molecule has 0 aromatic rings. The highest BCUT2D eigenvalue weighted by molar-refractivity contribution is 7.47. The molecule has 17 nitrogen and oxygen atoms in total. The van der Waals surface area contributed by atoms with E-state index in [0.29, 0.717) is 25.7 Å². The van der Waals surface area contributed by atoms with Gasteiger partial charge in [-0.3, -0.25) is 37.3 Å². The second-order valence-electron chi connectivity index (χ2n) is 27.6. The molecule has 3 N–H and O–H groups in total. The van der Waals surface area contributed by atoms with Crippen molar-refractivity contribution < 1.29 is 80.2 Å². The summed E-state index contributed by atoms with van der Waals surface area (Å²) >= 11 is 0. The van der Waals surface area contributed by atoms with E-state index in [4.69, 9.17) is 37.0 Å². The summed E-state index contributed by atoms with van der Waals surface area (Å²) in [6.07, 6.45) is 44.4. The maximum atomic E-state index is 13.0. The first kappa shape index (κ1) is 89.1. The quantitative estimate of drug-likeness (QED) is 0.0222. The molecule has 0 aliphatic rings. The predicted octanol–water partition coefficient (Wildman–Crippen LogP) is 20.5. The summed E-state index contributed by atoms with van der Waals surface area (Å²) in [6.45, 7) is 14.1. The number of aliphatic hydroxyl groups excluding tert-OH is 1. The van der Waals surface area contributed by atoms with Crippen LogP contribution in [0.5, 0.6) is 0 Å². The van der Waals surface area contributed by atoms with Crippen LogP contribution in [-0.4, -0.2) is 96.7 Å². The van der Waals surface area contributed by atoms with Crippen LogP contribution >= 0.6 is 15.6 Å². The number of unbranched alkanes of at least 4 members (excludes halogenated alkanes) is 34. The smallest absolute Gasteiger partial charge is 0.462 e. The van der Waals surface area contributed by atoms with Crippen molar-refractivity contribution in [2.24, 2.45) is 23.7 Å². The Hall–Kier alpha value is -1.94. The summed E-state index contributed by atoms with van der Waals surface area (Å²) in [5, 5.41) is 10.6. The van der Waals surface area contributed by atoms with Gasteiger partial charge in [-0.25, -0.2) is 9.13 Å². The summed E-state index contributed by atoms with van der Waals surface area (Å²) in [5.74, 6) is 0.902. The highest BCUT2D eigenvalue weighted by Gasteiger charge is 2.30. The van der Waals surface area contributed by atoms with E-state index >= 15 is 0 Å². The van der Waals surface area contributed by atoms with Crippen LogP contribution < -0.4 is 0 Å². The van der Waals surface area contributed by atoms with E-state index < -0.39 is 97.5 Å². The van der Waals surface area contributed by atoms with Gasteiger partial charge in [0.05, 0.1) is 26.4 Å². The van der Waals surface area contributed by atoms with E-state index in [9.17, 15) is 43.2 Å². The molecule has 4 unspecified atom stereocenters. The number of ether oxygens (including phenoxy) is 4. The molecular weight excluding hydrogens is 1200 g/mol. The first-order valence-electron chi connectivity index (χ1n) is 37.2. The first-order valence-corrected chi connectivity index (χ1v) is 40.2. The second-order valence-corrected chi connectivity index (χ2v) is 30.6. The lowest BCUT2D eigenvalue weighted by atomic mass is 9.99. The Morgan fingerprint density at radius 2 is 0.527 bits per heavy atom. The molecule has 19 heteroatoms. The molecule has 0 fully saturated rings. The number of carbonyl (C=O) groups is 4. The van der Waals surface area contributed by atoms with Crippen molar-refractivity contribution in [2.75, 3.05) is 39.6 Å². The second kappa shape index (κ2) is 61.6. The highest BCUT2D eigenvalue weighted by Crippen LogP contribution is 2.45. The number of rotatable bonds is 69. The lowest BCUT2D eigenvalue weighted by molar-refractivity contribution is -0.161. The molecule has 0 bridgehead atoms. The van der Waals surface area contributed by atoms with Gasteiger partial charge in [0.2, 0.25) is 0 Å². The van der Waals surface area contributed by atoms with Crippen LogP contribution in [0.1, 0.15) is 357 Å². The molecule has 0 amide bonds. The van der Waals surface area contributed by atoms with Crippen molar-refractivity contribution in [1.29, 1.82) is 0 Å². The number of hydrogen-bond acceptors (Lipinski definition) is 15. The molecule has 0 aliphatic heterocycles. The number of hydrogen-bond donors (Lipinski definition) is 3. The summed E-state index contributed by atoms with van der Waals surface area (Å²) in [6, 6.07) is 0. The van der Waals surface area contributed by atoms with Crippen LogP contribution in [0.15, 0.2) is 0 Å². The van der Waals surface area contributed by atoms with Gasteiger partial charge in [-0.15, -0.1) is 0 Å². The zero-order valence-electron chi connectivity index (χ0n) is 59.5. The maximum Gasteiger partial charge on any atom is 0.472 e. The Morgan fingerprint density at radius 1 is 0.308 bits per heavy atom. The number of esters is 4. The number of phosphoric acid groups is 2. The molecule has 540 valence electrons. The summed E-state index contributed by atoms with van der Waals surface area (Å²) in [5.41, 5.74) is 0. The lowest BCUT2D eigenvalue weighted by Gasteiger charge is -2.21. The monoisotopic (exact) mass is 1340 g/mol. The Morgan fingerprint density at radius 3 is 0.780 bits per heavy atom. The van der Waals surface area contributed by atoms with Gasteiger partial charge in [0.1, 0.15) is 19.3 Å². The molecule has 6 atom stereocenters. The average Bonchev–Trinajstić information content (AvgIpc) is 3.72. The Bertz CT molecular complexity index is 1800. The molecule has 91 heavy (non-hydrogen) atoms. The topological polar surface area (TPSA) is 237 Å². The van der Waals surface area contributed by atoms with Crippen molar-refractivity contribution in [1.82, 2.24) is 0 Å². The Balaban J connectivity index is 5.27. The molecule has 0 spiro atoms. The van der Waals surface area contributed by atoms with E-state index in [2.05, 4.69) is 55.4 Å². The highest BCUT2D eigenvalue weighted by atomic mass is 31.2. The zero-order chi connectivity index (χ0) is 67.5. The van der Waals surface area contributed by atoms with Gasteiger partial charge in [0.15, 0.2) is 12.2 Å². The summed E-state index contributed by atoms with van der Waals surface area (Å²) in [4.78, 5) is 72.6. The fourth-order valence-electron chi connectivity index (χ4n) is 10.8. The molecule has 0 saturated carbocycles. The minimum Gasteiger partial charge on any atom is -0.462 e. The van der Waals surface area contributed by atoms with E-state index in [0.717, 1.165) is 114 Å². The maximum absolute atomic E-state index is 13.0. The SMILES string of the molecule is CCC(C)CCCCCCCCCCC(=O)O[C@H](COC(=O)CCCCCCCCCCC(C)C)COP(=O)(O)OCC(O)COP(=O)(O)OC[C@@H](COC(=O)CCCCCCCCCCCCCCC(C)C)OC(=O)CCCCCCCCCCCCC(C)C. The van der Waals surface area contributed by atoms with Gasteiger partial charge in [0, 0.05) is 25.7 Å². The van der Waals surface area contributed by atoms with Crippen LogP contribution in [-0.2, 0) is 65.4 Å². The van der Waals surface area contributed by atoms with Crippen molar-refractivity contribution >= 4 is 39.5 Å². The van der Waals surface area contributed by atoms with Crippen LogP contribution in [0.3, 0.4) is 0 Å². The van der Waals surface area contributed by atoms with Gasteiger partial charge < -0.3 is 33.8 Å². The van der Waals surface area contributed by atoms with Crippen LogP contribution in [0, 0.1) is 23.7 Å². The third kappa shape index (κ3) is 65.1. The van der Waals surface area contributed by atoms with Gasteiger partial charge in [-0.05, 0) is 49.4 Å². The standard InChI is InChI=1S/C72H140O17P2/c1-9-65(8)51-43-35-27-21-23-31-39-47-55-72(77)89-68(59-83-70(75)53-45-37-29-22-20-26-34-42-50-64(6)7)61-87-91(80,81)85-57-66(73)56-84-90(78,79)86-60-67(88-71(76)54-46-38-30-19-15-14-17-25-33-41-49-63(4)5)58-82-69(74)52-44-36-28-18-13-11-10-12-16-24-32-40-48-62(2)3/h62-68,73H,9-61H2,1-8H3,(H,78,79)(H,80,81)/t65?,66?,67-,68-/m1/s1. The molecule has 0 saturated heterocycles. The summed E-state index contributed by atoms with van der Waals surface area (Å²) in [7, 11) is -9.91. The molecule has 0 aliphatic carbocycles. The fourth-order valence-corrected chi connectivity index (χ4v) is 12.4.